The fourth-order valence-electron chi connectivity index (χ4n) is 3.32. The van der Waals surface area contributed by atoms with E-state index < -0.39 is 5.54 Å². The molecule has 2 N–H and O–H groups in total. The highest BCUT2D eigenvalue weighted by molar-refractivity contribution is 7.22. The van der Waals surface area contributed by atoms with Crippen molar-refractivity contribution < 1.29 is 9.59 Å². The van der Waals surface area contributed by atoms with Gasteiger partial charge >= 0.3 is 0 Å². The molecule has 32 heavy (non-hydrogen) atoms. The summed E-state index contributed by atoms with van der Waals surface area (Å²) in [5, 5.41) is 10.9. The Bertz CT molecular complexity index is 1260. The Labute approximate surface area is 190 Å². The molecule has 2 aromatic carbocycles. The van der Waals surface area contributed by atoms with Gasteiger partial charge in [-0.15, -0.1) is 0 Å². The van der Waals surface area contributed by atoms with E-state index in [0.717, 1.165) is 5.56 Å². The van der Waals surface area contributed by atoms with E-state index in [-0.39, 0.29) is 17.9 Å². The van der Waals surface area contributed by atoms with Crippen molar-refractivity contribution in [2.45, 2.75) is 39.3 Å². The number of nitrogens with zero attached hydrogens (tertiary/aromatic N) is 3. The highest BCUT2D eigenvalue weighted by Gasteiger charge is 2.28. The van der Waals surface area contributed by atoms with E-state index in [4.69, 9.17) is 0 Å². The van der Waals surface area contributed by atoms with Gasteiger partial charge < -0.3 is 5.32 Å². The molecule has 0 radical (unpaired) electrons. The number of aromatic nitrogens is 3. The van der Waals surface area contributed by atoms with Crippen LogP contribution in [0.5, 0.6) is 0 Å². The monoisotopic (exact) mass is 447 g/mol. The summed E-state index contributed by atoms with van der Waals surface area (Å²) in [6.07, 6.45) is 0. The first-order valence-electron chi connectivity index (χ1n) is 10.4. The summed E-state index contributed by atoms with van der Waals surface area (Å²) in [7, 11) is 0. The maximum atomic E-state index is 13.1. The van der Waals surface area contributed by atoms with Crippen LogP contribution in [0.15, 0.2) is 60.7 Å². The predicted octanol–water partition coefficient (Wildman–Crippen LogP) is 4.99. The molecule has 2 amide bonds. The lowest BCUT2D eigenvalue weighted by atomic mass is 10.1. The van der Waals surface area contributed by atoms with Gasteiger partial charge in [0.15, 0.2) is 16.5 Å². The zero-order valence-electron chi connectivity index (χ0n) is 18.4. The van der Waals surface area contributed by atoms with Crippen molar-refractivity contribution in [1.29, 1.82) is 0 Å². The average Bonchev–Trinajstić information content (AvgIpc) is 3.33. The topological polar surface area (TPSA) is 88.9 Å². The molecule has 0 aliphatic rings. The van der Waals surface area contributed by atoms with Gasteiger partial charge in [-0.25, -0.2) is 4.68 Å². The molecule has 4 rings (SSSR count). The molecule has 2 aromatic heterocycles. The Morgan fingerprint density at radius 1 is 0.969 bits per heavy atom. The van der Waals surface area contributed by atoms with Crippen LogP contribution in [0.2, 0.25) is 0 Å². The number of fused-ring (bicyclic) bond motifs is 1. The quantitative estimate of drug-likeness (QED) is 0.451. The molecule has 0 saturated carbocycles. The number of rotatable bonds is 5. The van der Waals surface area contributed by atoms with Crippen molar-refractivity contribution in [3.63, 3.8) is 0 Å². The molecule has 7 nitrogen and oxygen atoms in total. The average molecular weight is 448 g/mol. The maximum Gasteiger partial charge on any atom is 0.273 e. The third-order valence-electron chi connectivity index (χ3n) is 4.98. The second kappa shape index (κ2) is 8.55. The van der Waals surface area contributed by atoms with Crippen LogP contribution < -0.4 is 10.6 Å². The van der Waals surface area contributed by atoms with Crippen LogP contribution in [0.4, 0.5) is 5.13 Å². The third kappa shape index (κ3) is 4.40. The molecule has 164 valence electrons. The number of carbonyl (C=O) groups is 2. The minimum Gasteiger partial charge on any atom is -0.344 e. The van der Waals surface area contributed by atoms with Gasteiger partial charge in [0.05, 0.1) is 11.6 Å². The van der Waals surface area contributed by atoms with Gasteiger partial charge in [0.1, 0.15) is 4.70 Å². The van der Waals surface area contributed by atoms with Crippen LogP contribution in [0.25, 0.3) is 10.3 Å². The van der Waals surface area contributed by atoms with Crippen LogP contribution >= 0.6 is 11.3 Å². The van der Waals surface area contributed by atoms with E-state index >= 15 is 0 Å². The van der Waals surface area contributed by atoms with Gasteiger partial charge in [-0.05, 0) is 45.4 Å². The largest absolute Gasteiger partial charge is 0.344 e. The molecule has 0 saturated heterocycles. The lowest BCUT2D eigenvalue weighted by molar-refractivity contribution is 0.0934. The highest BCUT2D eigenvalue weighted by Crippen LogP contribution is 2.32. The molecule has 0 aliphatic carbocycles. The minimum absolute atomic E-state index is 0.177. The second-order valence-electron chi connectivity index (χ2n) is 8.53. The van der Waals surface area contributed by atoms with E-state index in [2.05, 4.69) is 20.7 Å². The Morgan fingerprint density at radius 3 is 2.22 bits per heavy atom. The van der Waals surface area contributed by atoms with Crippen molar-refractivity contribution in [2.75, 3.05) is 5.32 Å². The van der Waals surface area contributed by atoms with Crippen molar-refractivity contribution in [1.82, 2.24) is 20.1 Å². The van der Waals surface area contributed by atoms with Crippen LogP contribution in [0.1, 0.15) is 60.1 Å². The molecule has 0 spiro atoms. The van der Waals surface area contributed by atoms with Gasteiger partial charge in [0.25, 0.3) is 11.8 Å². The van der Waals surface area contributed by atoms with E-state index in [1.165, 1.54) is 11.3 Å². The van der Waals surface area contributed by atoms with Gasteiger partial charge in [-0.1, -0.05) is 59.9 Å². The van der Waals surface area contributed by atoms with Crippen LogP contribution in [0.3, 0.4) is 0 Å². The van der Waals surface area contributed by atoms with Gasteiger partial charge in [0.2, 0.25) is 0 Å². The van der Waals surface area contributed by atoms with Crippen LogP contribution in [-0.4, -0.2) is 26.6 Å². The van der Waals surface area contributed by atoms with E-state index in [9.17, 15) is 9.59 Å². The Hall–Kier alpha value is -3.52. The summed E-state index contributed by atoms with van der Waals surface area (Å²) in [4.78, 5) is 30.3. The highest BCUT2D eigenvalue weighted by atomic mass is 32.1. The first kappa shape index (κ1) is 21.7. The third-order valence-corrected chi connectivity index (χ3v) is 5.95. The molecule has 8 heteroatoms. The molecule has 0 fully saturated rings. The number of carbonyl (C=O) groups excluding carboxylic acids is 2. The molecule has 0 unspecified atom stereocenters. The van der Waals surface area contributed by atoms with E-state index in [1.54, 1.807) is 28.9 Å². The first-order chi connectivity index (χ1) is 15.2. The number of nitrogens with one attached hydrogen (secondary N) is 2. The summed E-state index contributed by atoms with van der Waals surface area (Å²) >= 11 is 1.25. The van der Waals surface area contributed by atoms with Crippen molar-refractivity contribution in [3.05, 3.63) is 77.5 Å². The molecule has 0 aliphatic heterocycles. The Balaban J connectivity index is 1.66. The van der Waals surface area contributed by atoms with Crippen LogP contribution in [-0.2, 0) is 5.54 Å². The standard InChI is InChI=1S/C24H25N5O2S/c1-15(16-11-7-5-8-12-16)25-22(31)18-19-20(29(28-18)24(2,3)4)26-23(32-19)27-21(30)17-13-9-6-10-14-17/h5-15H,1-4H3,(H,25,31)(H,26,27,30)/t15-/m1/s1. The number of anilines is 1. The van der Waals surface area contributed by atoms with Crippen LogP contribution in [0, 0.1) is 0 Å². The minimum atomic E-state index is -0.392. The van der Waals surface area contributed by atoms with Crippen molar-refractivity contribution in [3.8, 4) is 0 Å². The number of thiazole rings is 1. The zero-order chi connectivity index (χ0) is 22.9. The van der Waals surface area contributed by atoms with E-state index in [1.807, 2.05) is 64.1 Å². The van der Waals surface area contributed by atoms with Crippen molar-refractivity contribution in [2.24, 2.45) is 0 Å². The molecule has 0 bridgehead atoms. The molecule has 4 aromatic rings. The SMILES string of the molecule is C[C@@H](NC(=O)c1nn(C(C)(C)C)c2nc(NC(=O)c3ccccc3)sc12)c1ccccc1. The summed E-state index contributed by atoms with van der Waals surface area (Å²) < 4.78 is 2.38. The molecule has 2 heterocycles. The number of hydrogen-bond acceptors (Lipinski definition) is 5. The summed E-state index contributed by atoms with van der Waals surface area (Å²) in [6, 6.07) is 18.5. The van der Waals surface area contributed by atoms with Gasteiger partial charge in [0, 0.05) is 5.56 Å². The lowest BCUT2D eigenvalue weighted by Crippen LogP contribution is -2.28. The zero-order valence-corrected chi connectivity index (χ0v) is 19.2. The number of benzene rings is 2. The summed E-state index contributed by atoms with van der Waals surface area (Å²) in [5.74, 6) is -0.528. The number of hydrogen-bond donors (Lipinski definition) is 2. The fourth-order valence-corrected chi connectivity index (χ4v) is 4.24. The molecular weight excluding hydrogens is 422 g/mol. The first-order valence-corrected chi connectivity index (χ1v) is 11.2. The molecular formula is C24H25N5O2S. The smallest absolute Gasteiger partial charge is 0.273 e. The van der Waals surface area contributed by atoms with Gasteiger partial charge in [-0.3, -0.25) is 14.9 Å². The molecule has 1 atom stereocenters. The Morgan fingerprint density at radius 2 is 1.59 bits per heavy atom. The lowest BCUT2D eigenvalue weighted by Gasteiger charge is -2.19. The van der Waals surface area contributed by atoms with E-state index in [0.29, 0.717) is 26.7 Å². The number of amides is 2. The van der Waals surface area contributed by atoms with Crippen molar-refractivity contribution >= 4 is 38.6 Å². The Kier molecular flexibility index (Phi) is 5.80. The summed E-state index contributed by atoms with van der Waals surface area (Å²) in [5.41, 5.74) is 2.03. The fraction of sp³-hybridized carbons (Fsp3) is 0.250. The summed E-state index contributed by atoms with van der Waals surface area (Å²) in [6.45, 7) is 7.92. The van der Waals surface area contributed by atoms with Gasteiger partial charge in [-0.2, -0.15) is 10.1 Å². The predicted molar refractivity (Wildman–Crippen MR) is 127 cm³/mol. The second-order valence-corrected chi connectivity index (χ2v) is 9.53. The normalized spacial score (nSPS) is 12.5. The maximum absolute atomic E-state index is 13.1.